The maximum absolute atomic E-state index is 9.17. The third-order valence-electron chi connectivity index (χ3n) is 4.81. The van der Waals surface area contributed by atoms with Crippen molar-refractivity contribution in [3.8, 4) is 0 Å². The lowest BCUT2D eigenvalue weighted by Crippen LogP contribution is -2.56. The predicted octanol–water partition coefficient (Wildman–Crippen LogP) is 2.44. The first-order valence-corrected chi connectivity index (χ1v) is 8.14. The Kier molecular flexibility index (Phi) is 4.88. The largest absolute Gasteiger partial charge is 0.390 e. The standard InChI is InChI=1S/C18H24N4O/c1-22(12-15-6-3-2-4-7-15)18(9-5-10-18)14-20-17-19-11-8-16(13-23)21-17/h2-4,6-8,11,23H,5,9-10,12-14H2,1H3,(H,19,20,21). The highest BCUT2D eigenvalue weighted by Gasteiger charge is 2.40. The van der Waals surface area contributed by atoms with Gasteiger partial charge in [-0.3, -0.25) is 4.90 Å². The Morgan fingerprint density at radius 3 is 2.65 bits per heavy atom. The molecule has 0 bridgehead atoms. The molecule has 1 aromatic carbocycles. The van der Waals surface area contributed by atoms with Gasteiger partial charge >= 0.3 is 0 Å². The summed E-state index contributed by atoms with van der Waals surface area (Å²) in [6.45, 7) is 1.71. The molecule has 0 aliphatic heterocycles. The van der Waals surface area contributed by atoms with Crippen LogP contribution in [0.1, 0.15) is 30.5 Å². The average Bonchev–Trinajstić information content (AvgIpc) is 2.55. The molecule has 1 aliphatic rings. The molecule has 5 nitrogen and oxygen atoms in total. The Labute approximate surface area is 137 Å². The lowest BCUT2D eigenvalue weighted by Gasteiger charge is -2.49. The second-order valence-electron chi connectivity index (χ2n) is 6.30. The van der Waals surface area contributed by atoms with Crippen LogP contribution in [0.4, 0.5) is 5.95 Å². The highest BCUT2D eigenvalue weighted by atomic mass is 16.3. The fraction of sp³-hybridized carbons (Fsp3) is 0.444. The van der Waals surface area contributed by atoms with Crippen molar-refractivity contribution < 1.29 is 5.11 Å². The summed E-state index contributed by atoms with van der Waals surface area (Å²) in [6, 6.07) is 12.3. The van der Waals surface area contributed by atoms with E-state index in [2.05, 4.69) is 57.6 Å². The number of nitrogens with one attached hydrogen (secondary N) is 1. The summed E-state index contributed by atoms with van der Waals surface area (Å²) in [4.78, 5) is 11.0. The van der Waals surface area contributed by atoms with Crippen LogP contribution in [0.5, 0.6) is 0 Å². The van der Waals surface area contributed by atoms with Gasteiger partial charge in [0.25, 0.3) is 0 Å². The van der Waals surface area contributed by atoms with Crippen LogP contribution in [0.3, 0.4) is 0 Å². The van der Waals surface area contributed by atoms with Gasteiger partial charge in [0.05, 0.1) is 12.3 Å². The van der Waals surface area contributed by atoms with Gasteiger partial charge in [0.2, 0.25) is 5.95 Å². The zero-order chi connectivity index (χ0) is 16.1. The molecule has 3 rings (SSSR count). The minimum atomic E-state index is -0.0593. The second-order valence-corrected chi connectivity index (χ2v) is 6.30. The van der Waals surface area contributed by atoms with E-state index < -0.39 is 0 Å². The number of rotatable bonds is 7. The number of hydrogen-bond acceptors (Lipinski definition) is 5. The maximum atomic E-state index is 9.17. The molecule has 0 spiro atoms. The summed E-state index contributed by atoms with van der Waals surface area (Å²) in [6.07, 6.45) is 5.31. The van der Waals surface area contributed by atoms with Crippen molar-refractivity contribution >= 4 is 5.95 Å². The smallest absolute Gasteiger partial charge is 0.222 e. The molecule has 23 heavy (non-hydrogen) atoms. The zero-order valence-electron chi connectivity index (χ0n) is 13.6. The third-order valence-corrected chi connectivity index (χ3v) is 4.81. The van der Waals surface area contributed by atoms with E-state index in [-0.39, 0.29) is 12.1 Å². The molecule has 0 amide bonds. The first-order valence-electron chi connectivity index (χ1n) is 8.14. The SMILES string of the molecule is CN(Cc1ccccc1)C1(CNc2nccc(CO)n2)CCC1. The number of aromatic nitrogens is 2. The molecular weight excluding hydrogens is 288 g/mol. The number of aliphatic hydroxyl groups is 1. The Hall–Kier alpha value is -1.98. The Morgan fingerprint density at radius 2 is 2.00 bits per heavy atom. The average molecular weight is 312 g/mol. The van der Waals surface area contributed by atoms with E-state index in [1.165, 1.54) is 24.8 Å². The number of anilines is 1. The van der Waals surface area contributed by atoms with Crippen molar-refractivity contribution in [3.05, 3.63) is 53.9 Å². The Bertz CT molecular complexity index is 628. The molecule has 2 aromatic rings. The van der Waals surface area contributed by atoms with Gasteiger partial charge in [-0.25, -0.2) is 9.97 Å². The topological polar surface area (TPSA) is 61.3 Å². The van der Waals surface area contributed by atoms with E-state index in [1.54, 1.807) is 12.3 Å². The van der Waals surface area contributed by atoms with E-state index >= 15 is 0 Å². The fourth-order valence-corrected chi connectivity index (χ4v) is 3.12. The van der Waals surface area contributed by atoms with Crippen LogP contribution >= 0.6 is 0 Å². The molecule has 5 heteroatoms. The van der Waals surface area contributed by atoms with Gasteiger partial charge in [0, 0.05) is 24.8 Å². The third kappa shape index (κ3) is 3.68. The molecule has 1 aliphatic carbocycles. The molecule has 0 atom stereocenters. The summed E-state index contributed by atoms with van der Waals surface area (Å²) in [7, 11) is 2.19. The van der Waals surface area contributed by atoms with E-state index in [1.807, 2.05) is 0 Å². The molecule has 122 valence electrons. The predicted molar refractivity (Wildman–Crippen MR) is 90.9 cm³/mol. The molecule has 2 N–H and O–H groups in total. The van der Waals surface area contributed by atoms with Crippen LogP contribution in [-0.2, 0) is 13.2 Å². The molecule has 0 saturated heterocycles. The van der Waals surface area contributed by atoms with E-state index in [4.69, 9.17) is 0 Å². The monoisotopic (exact) mass is 312 g/mol. The Morgan fingerprint density at radius 1 is 1.22 bits per heavy atom. The molecule has 1 heterocycles. The van der Waals surface area contributed by atoms with Crippen LogP contribution in [0.25, 0.3) is 0 Å². The van der Waals surface area contributed by atoms with Crippen molar-refractivity contribution in [2.24, 2.45) is 0 Å². The van der Waals surface area contributed by atoms with Crippen LogP contribution < -0.4 is 5.32 Å². The van der Waals surface area contributed by atoms with Crippen LogP contribution in [0.15, 0.2) is 42.6 Å². The lowest BCUT2D eigenvalue weighted by molar-refractivity contribution is 0.0436. The van der Waals surface area contributed by atoms with E-state index in [9.17, 15) is 5.11 Å². The van der Waals surface area contributed by atoms with Crippen molar-refractivity contribution in [1.82, 2.24) is 14.9 Å². The normalized spacial score (nSPS) is 16.1. The lowest BCUT2D eigenvalue weighted by atomic mass is 9.75. The van der Waals surface area contributed by atoms with Crippen molar-refractivity contribution in [2.45, 2.75) is 38.0 Å². The Balaban J connectivity index is 1.63. The van der Waals surface area contributed by atoms with Gasteiger partial charge in [-0.2, -0.15) is 0 Å². The number of aliphatic hydroxyl groups excluding tert-OH is 1. The van der Waals surface area contributed by atoms with Gasteiger partial charge in [0.1, 0.15) is 0 Å². The summed E-state index contributed by atoms with van der Waals surface area (Å²) in [5, 5.41) is 12.5. The van der Waals surface area contributed by atoms with Gasteiger partial charge in [-0.1, -0.05) is 30.3 Å². The molecule has 0 unspecified atom stereocenters. The van der Waals surface area contributed by atoms with Crippen molar-refractivity contribution in [3.63, 3.8) is 0 Å². The minimum Gasteiger partial charge on any atom is -0.390 e. The molecule has 1 fully saturated rings. The molecule has 1 aromatic heterocycles. The van der Waals surface area contributed by atoms with E-state index in [0.29, 0.717) is 11.6 Å². The number of hydrogen-bond donors (Lipinski definition) is 2. The second kappa shape index (κ2) is 7.06. The van der Waals surface area contributed by atoms with Crippen molar-refractivity contribution in [1.29, 1.82) is 0 Å². The summed E-state index contributed by atoms with van der Waals surface area (Å²) in [5.41, 5.74) is 2.14. The van der Waals surface area contributed by atoms with Gasteiger partial charge < -0.3 is 10.4 Å². The summed E-state index contributed by atoms with van der Waals surface area (Å²) >= 11 is 0. The van der Waals surface area contributed by atoms with Gasteiger partial charge in [-0.15, -0.1) is 0 Å². The van der Waals surface area contributed by atoms with E-state index in [0.717, 1.165) is 13.1 Å². The number of likely N-dealkylation sites (N-methyl/N-ethyl adjacent to an activating group) is 1. The van der Waals surface area contributed by atoms with Crippen LogP contribution in [0, 0.1) is 0 Å². The molecular formula is C18H24N4O. The van der Waals surface area contributed by atoms with Gasteiger partial charge in [-0.05, 0) is 37.9 Å². The zero-order valence-corrected chi connectivity index (χ0v) is 13.6. The van der Waals surface area contributed by atoms with Crippen LogP contribution in [-0.4, -0.2) is 39.1 Å². The summed E-state index contributed by atoms with van der Waals surface area (Å²) < 4.78 is 0. The fourth-order valence-electron chi connectivity index (χ4n) is 3.12. The first kappa shape index (κ1) is 15.9. The first-order chi connectivity index (χ1) is 11.2. The number of benzene rings is 1. The maximum Gasteiger partial charge on any atom is 0.222 e. The number of nitrogens with zero attached hydrogens (tertiary/aromatic N) is 3. The van der Waals surface area contributed by atoms with Gasteiger partial charge in [0.15, 0.2) is 0 Å². The van der Waals surface area contributed by atoms with Crippen LogP contribution in [0.2, 0.25) is 0 Å². The quantitative estimate of drug-likeness (QED) is 0.822. The summed E-state index contributed by atoms with van der Waals surface area (Å²) in [5.74, 6) is 0.593. The molecule has 1 saturated carbocycles. The minimum absolute atomic E-state index is 0.0593. The van der Waals surface area contributed by atoms with Crippen molar-refractivity contribution in [2.75, 3.05) is 18.9 Å². The highest BCUT2D eigenvalue weighted by molar-refractivity contribution is 5.27. The molecule has 0 radical (unpaired) electrons. The highest BCUT2D eigenvalue weighted by Crippen LogP contribution is 2.37.